The second-order valence-electron chi connectivity index (χ2n) is 7.56. The van der Waals surface area contributed by atoms with E-state index in [2.05, 4.69) is 33.3 Å². The quantitative estimate of drug-likeness (QED) is 0.680. The lowest BCUT2D eigenvalue weighted by molar-refractivity contribution is -0.116. The molecule has 1 amide bonds. The lowest BCUT2D eigenvalue weighted by Gasteiger charge is -2.28. The van der Waals surface area contributed by atoms with Crippen molar-refractivity contribution in [1.29, 1.82) is 0 Å². The molecule has 0 radical (unpaired) electrons. The molecule has 2 aromatic heterocycles. The van der Waals surface area contributed by atoms with Gasteiger partial charge in [0.05, 0.1) is 5.69 Å². The SMILES string of the molecule is CCc1cccc(NC(=O)CCc2nc(N3CCCCC3)c3c(C)noc3n2)c1. The Balaban J connectivity index is 1.49. The highest BCUT2D eigenvalue weighted by Gasteiger charge is 2.21. The molecule has 1 saturated heterocycles. The highest BCUT2D eigenvalue weighted by molar-refractivity contribution is 5.91. The number of carbonyl (C=O) groups excluding carboxylic acids is 1. The first-order valence-corrected chi connectivity index (χ1v) is 10.4. The summed E-state index contributed by atoms with van der Waals surface area (Å²) in [6.45, 7) is 5.97. The van der Waals surface area contributed by atoms with Gasteiger partial charge >= 0.3 is 0 Å². The highest BCUT2D eigenvalue weighted by atomic mass is 16.5. The molecule has 152 valence electrons. The van der Waals surface area contributed by atoms with Gasteiger partial charge in [0, 0.05) is 31.6 Å². The molecule has 29 heavy (non-hydrogen) atoms. The van der Waals surface area contributed by atoms with Gasteiger partial charge in [0.1, 0.15) is 17.0 Å². The zero-order valence-corrected chi connectivity index (χ0v) is 17.1. The molecule has 0 bridgehead atoms. The van der Waals surface area contributed by atoms with Crippen LogP contribution in [0.25, 0.3) is 11.1 Å². The van der Waals surface area contributed by atoms with E-state index in [0.717, 1.165) is 54.9 Å². The van der Waals surface area contributed by atoms with Crippen molar-refractivity contribution < 1.29 is 9.32 Å². The average molecular weight is 393 g/mol. The highest BCUT2D eigenvalue weighted by Crippen LogP contribution is 2.29. The third-order valence-corrected chi connectivity index (χ3v) is 5.38. The number of anilines is 2. The maximum absolute atomic E-state index is 12.4. The first-order chi connectivity index (χ1) is 14.1. The summed E-state index contributed by atoms with van der Waals surface area (Å²) < 4.78 is 5.42. The molecule has 0 saturated carbocycles. The van der Waals surface area contributed by atoms with Crippen molar-refractivity contribution in [1.82, 2.24) is 15.1 Å². The number of amides is 1. The summed E-state index contributed by atoms with van der Waals surface area (Å²) in [5.41, 5.74) is 3.33. The fraction of sp³-hybridized carbons (Fsp3) is 0.455. The number of fused-ring (bicyclic) bond motifs is 1. The largest absolute Gasteiger partial charge is 0.356 e. The van der Waals surface area contributed by atoms with Crippen LogP contribution in [0.4, 0.5) is 11.5 Å². The fourth-order valence-corrected chi connectivity index (χ4v) is 3.78. The average Bonchev–Trinajstić information content (AvgIpc) is 3.13. The molecular formula is C22H27N5O2. The molecule has 4 rings (SSSR count). The Morgan fingerprint density at radius 2 is 2.03 bits per heavy atom. The summed E-state index contributed by atoms with van der Waals surface area (Å²) in [7, 11) is 0. The summed E-state index contributed by atoms with van der Waals surface area (Å²) in [6.07, 6.45) is 5.27. The third kappa shape index (κ3) is 4.39. The van der Waals surface area contributed by atoms with E-state index in [0.29, 0.717) is 24.4 Å². The number of hydrogen-bond donors (Lipinski definition) is 1. The molecule has 7 nitrogen and oxygen atoms in total. The standard InChI is InChI=1S/C22H27N5O2/c1-3-16-8-7-9-17(14-16)23-19(28)11-10-18-24-21(27-12-5-4-6-13-27)20-15(2)26-29-22(20)25-18/h7-9,14H,3-6,10-13H2,1-2H3,(H,23,28). The van der Waals surface area contributed by atoms with Crippen molar-refractivity contribution in [2.75, 3.05) is 23.3 Å². The molecule has 1 aromatic carbocycles. The lowest BCUT2D eigenvalue weighted by atomic mass is 10.1. The van der Waals surface area contributed by atoms with E-state index in [4.69, 9.17) is 9.51 Å². The molecule has 0 atom stereocenters. The van der Waals surface area contributed by atoms with Gasteiger partial charge in [-0.3, -0.25) is 4.79 Å². The molecule has 1 fully saturated rings. The Labute approximate surface area is 170 Å². The number of carbonyl (C=O) groups is 1. The number of aromatic nitrogens is 3. The fourth-order valence-electron chi connectivity index (χ4n) is 3.78. The van der Waals surface area contributed by atoms with Gasteiger partial charge in [-0.1, -0.05) is 24.2 Å². The number of nitrogens with one attached hydrogen (secondary N) is 1. The summed E-state index contributed by atoms with van der Waals surface area (Å²) in [5, 5.41) is 7.93. The van der Waals surface area contributed by atoms with Crippen molar-refractivity contribution in [2.24, 2.45) is 0 Å². The van der Waals surface area contributed by atoms with Gasteiger partial charge in [-0.15, -0.1) is 0 Å². The zero-order valence-electron chi connectivity index (χ0n) is 17.1. The summed E-state index contributed by atoms with van der Waals surface area (Å²) >= 11 is 0. The van der Waals surface area contributed by atoms with Crippen molar-refractivity contribution in [2.45, 2.75) is 52.4 Å². The van der Waals surface area contributed by atoms with Gasteiger partial charge in [-0.25, -0.2) is 4.98 Å². The second kappa shape index (κ2) is 8.59. The minimum absolute atomic E-state index is 0.0461. The molecule has 3 heterocycles. The van der Waals surface area contributed by atoms with Gasteiger partial charge in [0.15, 0.2) is 0 Å². The summed E-state index contributed by atoms with van der Waals surface area (Å²) in [6, 6.07) is 7.93. The van der Waals surface area contributed by atoms with Gasteiger partial charge in [0.25, 0.3) is 5.71 Å². The molecule has 0 aliphatic carbocycles. The first kappa shape index (κ1) is 19.4. The van der Waals surface area contributed by atoms with Crippen LogP contribution in [-0.2, 0) is 17.6 Å². The molecule has 1 aliphatic heterocycles. The maximum Gasteiger partial charge on any atom is 0.263 e. The molecule has 7 heteroatoms. The van der Waals surface area contributed by atoms with Crippen LogP contribution in [0.5, 0.6) is 0 Å². The predicted molar refractivity (Wildman–Crippen MR) is 113 cm³/mol. The van der Waals surface area contributed by atoms with Crippen LogP contribution in [0.15, 0.2) is 28.8 Å². The van der Waals surface area contributed by atoms with Crippen molar-refractivity contribution in [3.63, 3.8) is 0 Å². The Kier molecular flexibility index (Phi) is 5.74. The first-order valence-electron chi connectivity index (χ1n) is 10.4. The van der Waals surface area contributed by atoms with E-state index in [1.165, 1.54) is 12.0 Å². The van der Waals surface area contributed by atoms with E-state index in [1.54, 1.807) is 0 Å². The normalized spacial score (nSPS) is 14.3. The summed E-state index contributed by atoms with van der Waals surface area (Å²) in [4.78, 5) is 24.0. The van der Waals surface area contributed by atoms with Crippen LogP contribution < -0.4 is 10.2 Å². The predicted octanol–water partition coefficient (Wildman–Crippen LogP) is 4.05. The Hall–Kier alpha value is -2.96. The third-order valence-electron chi connectivity index (χ3n) is 5.38. The number of aryl methyl sites for hydroxylation is 3. The van der Waals surface area contributed by atoms with E-state index >= 15 is 0 Å². The Morgan fingerprint density at radius 1 is 1.21 bits per heavy atom. The minimum atomic E-state index is -0.0461. The van der Waals surface area contributed by atoms with Gasteiger partial charge in [0.2, 0.25) is 5.91 Å². The van der Waals surface area contributed by atoms with E-state index < -0.39 is 0 Å². The lowest BCUT2D eigenvalue weighted by Crippen LogP contribution is -2.30. The maximum atomic E-state index is 12.4. The van der Waals surface area contributed by atoms with Gasteiger partial charge in [-0.2, -0.15) is 4.98 Å². The van der Waals surface area contributed by atoms with Crippen LogP contribution in [0.3, 0.4) is 0 Å². The van der Waals surface area contributed by atoms with Gasteiger partial charge in [-0.05, 0) is 50.3 Å². The molecule has 1 aliphatic rings. The molecule has 1 N–H and O–H groups in total. The molecule has 3 aromatic rings. The van der Waals surface area contributed by atoms with Crippen LogP contribution in [-0.4, -0.2) is 34.1 Å². The van der Waals surface area contributed by atoms with Crippen LogP contribution in [0.1, 0.15) is 49.7 Å². The summed E-state index contributed by atoms with van der Waals surface area (Å²) in [5.74, 6) is 1.46. The number of nitrogens with zero attached hydrogens (tertiary/aromatic N) is 4. The van der Waals surface area contributed by atoms with Crippen LogP contribution >= 0.6 is 0 Å². The van der Waals surface area contributed by atoms with E-state index in [-0.39, 0.29) is 5.91 Å². The topological polar surface area (TPSA) is 84.2 Å². The molecule has 0 spiro atoms. The number of hydrogen-bond acceptors (Lipinski definition) is 6. The molecule has 0 unspecified atom stereocenters. The van der Waals surface area contributed by atoms with Crippen molar-refractivity contribution >= 4 is 28.5 Å². The molecular weight excluding hydrogens is 366 g/mol. The van der Waals surface area contributed by atoms with Crippen LogP contribution in [0, 0.1) is 6.92 Å². The monoisotopic (exact) mass is 393 g/mol. The minimum Gasteiger partial charge on any atom is -0.356 e. The van der Waals surface area contributed by atoms with Crippen LogP contribution in [0.2, 0.25) is 0 Å². The smallest absolute Gasteiger partial charge is 0.263 e. The number of benzene rings is 1. The number of piperidine rings is 1. The number of rotatable bonds is 6. The second-order valence-corrected chi connectivity index (χ2v) is 7.56. The van der Waals surface area contributed by atoms with Crippen molar-refractivity contribution in [3.05, 3.63) is 41.3 Å². The Morgan fingerprint density at radius 3 is 2.83 bits per heavy atom. The van der Waals surface area contributed by atoms with E-state index in [9.17, 15) is 4.79 Å². The zero-order chi connectivity index (χ0) is 20.2. The van der Waals surface area contributed by atoms with Gasteiger partial charge < -0.3 is 14.7 Å². The van der Waals surface area contributed by atoms with Crippen molar-refractivity contribution in [3.8, 4) is 0 Å². The Bertz CT molecular complexity index is 1010. The van der Waals surface area contributed by atoms with E-state index in [1.807, 2.05) is 25.1 Å².